The van der Waals surface area contributed by atoms with Gasteiger partial charge in [-0.15, -0.1) is 10.2 Å². The molecule has 2 aromatic rings. The van der Waals surface area contributed by atoms with Crippen LogP contribution in [0, 0.1) is 0 Å². The van der Waals surface area contributed by atoms with E-state index in [4.69, 9.17) is 11.6 Å². The molecule has 0 fully saturated rings. The molecule has 0 spiro atoms. The van der Waals surface area contributed by atoms with E-state index in [9.17, 15) is 0 Å². The highest BCUT2D eigenvalue weighted by Gasteiger charge is 2.02. The van der Waals surface area contributed by atoms with Gasteiger partial charge in [0, 0.05) is 38.1 Å². The number of hydrogen-bond acceptors (Lipinski definition) is 3. The van der Waals surface area contributed by atoms with Crippen LogP contribution in [0.15, 0.2) is 35.6 Å². The number of halogens is 1. The van der Waals surface area contributed by atoms with Crippen LogP contribution in [0.1, 0.15) is 24.7 Å². The zero-order chi connectivity index (χ0) is 17.2. The Morgan fingerprint density at radius 2 is 1.96 bits per heavy atom. The summed E-state index contributed by atoms with van der Waals surface area (Å²) in [6.07, 6.45) is 4.70. The van der Waals surface area contributed by atoms with Crippen LogP contribution in [0.2, 0.25) is 5.02 Å². The lowest BCUT2D eigenvalue weighted by Crippen LogP contribution is -2.39. The zero-order valence-corrected chi connectivity index (χ0v) is 15.1. The third-order valence-electron chi connectivity index (χ3n) is 3.73. The highest BCUT2D eigenvalue weighted by atomic mass is 35.5. The van der Waals surface area contributed by atoms with E-state index in [2.05, 4.69) is 49.4 Å². The number of aryl methyl sites for hydroxylation is 2. The first-order chi connectivity index (χ1) is 11.7. The Morgan fingerprint density at radius 3 is 2.67 bits per heavy atom. The number of guanidine groups is 1. The molecule has 7 heteroatoms. The molecule has 6 nitrogen and oxygen atoms in total. The quantitative estimate of drug-likeness (QED) is 0.436. The van der Waals surface area contributed by atoms with Crippen LogP contribution in [0.3, 0.4) is 0 Å². The average Bonchev–Trinajstić information content (AvgIpc) is 3.06. The van der Waals surface area contributed by atoms with Crippen molar-refractivity contribution in [3.8, 4) is 0 Å². The summed E-state index contributed by atoms with van der Waals surface area (Å²) < 4.78 is 2.06. The summed E-state index contributed by atoms with van der Waals surface area (Å²) in [7, 11) is 1.78. The number of nitrogens with zero attached hydrogens (tertiary/aromatic N) is 4. The van der Waals surface area contributed by atoms with Gasteiger partial charge in [-0.1, -0.05) is 30.7 Å². The van der Waals surface area contributed by atoms with Gasteiger partial charge >= 0.3 is 0 Å². The Labute approximate surface area is 148 Å². The van der Waals surface area contributed by atoms with Crippen LogP contribution in [0.25, 0.3) is 0 Å². The van der Waals surface area contributed by atoms with E-state index < -0.39 is 0 Å². The Hall–Kier alpha value is -2.08. The molecule has 2 N–H and O–H groups in total. The Kier molecular flexibility index (Phi) is 7.55. The number of benzene rings is 1. The minimum absolute atomic E-state index is 0.779. The largest absolute Gasteiger partial charge is 0.356 e. The standard InChI is InChI=1S/C17H25ClN6/c1-3-16-23-22-13-24(16)12-11-21-17(19-2)20-10-4-5-14-6-8-15(18)9-7-14/h6-9,13H,3-5,10-12H2,1-2H3,(H2,19,20,21). The maximum absolute atomic E-state index is 5.89. The number of aliphatic imine (C=N–C) groups is 1. The molecule has 0 aliphatic carbocycles. The lowest BCUT2D eigenvalue weighted by Gasteiger charge is -2.12. The number of rotatable bonds is 8. The maximum Gasteiger partial charge on any atom is 0.191 e. The fourth-order valence-electron chi connectivity index (χ4n) is 2.41. The van der Waals surface area contributed by atoms with E-state index in [1.54, 1.807) is 13.4 Å². The number of aromatic nitrogens is 3. The SMILES string of the molecule is CCc1nncn1CCNC(=NC)NCCCc1ccc(Cl)cc1. The molecule has 24 heavy (non-hydrogen) atoms. The highest BCUT2D eigenvalue weighted by Crippen LogP contribution is 2.10. The summed E-state index contributed by atoms with van der Waals surface area (Å²) in [6.45, 7) is 4.55. The molecule has 1 aromatic carbocycles. The van der Waals surface area contributed by atoms with E-state index in [0.717, 1.165) is 55.7 Å². The first kappa shape index (κ1) is 18.3. The van der Waals surface area contributed by atoms with Gasteiger partial charge in [-0.2, -0.15) is 0 Å². The summed E-state index contributed by atoms with van der Waals surface area (Å²) in [5.41, 5.74) is 1.30. The summed E-state index contributed by atoms with van der Waals surface area (Å²) in [6, 6.07) is 8.00. The van der Waals surface area contributed by atoms with Gasteiger partial charge in [0.15, 0.2) is 5.96 Å². The predicted octanol–water partition coefficient (Wildman–Crippen LogP) is 2.29. The molecule has 0 radical (unpaired) electrons. The summed E-state index contributed by atoms with van der Waals surface area (Å²) >= 11 is 5.89. The van der Waals surface area contributed by atoms with Crippen molar-refractivity contribution in [3.63, 3.8) is 0 Å². The molecule has 0 saturated heterocycles. The molecule has 2 rings (SSSR count). The van der Waals surface area contributed by atoms with E-state index in [1.807, 2.05) is 12.1 Å². The van der Waals surface area contributed by atoms with Crippen molar-refractivity contribution in [1.29, 1.82) is 0 Å². The second kappa shape index (κ2) is 9.93. The summed E-state index contributed by atoms with van der Waals surface area (Å²) in [5.74, 6) is 1.82. The van der Waals surface area contributed by atoms with Gasteiger partial charge in [0.05, 0.1) is 0 Å². The van der Waals surface area contributed by atoms with Gasteiger partial charge in [-0.3, -0.25) is 4.99 Å². The molecule has 130 valence electrons. The maximum atomic E-state index is 5.89. The molecule has 0 bridgehead atoms. The zero-order valence-electron chi connectivity index (χ0n) is 14.3. The molecule has 0 unspecified atom stereocenters. The minimum atomic E-state index is 0.779. The van der Waals surface area contributed by atoms with E-state index >= 15 is 0 Å². The van der Waals surface area contributed by atoms with Gasteiger partial charge in [0.25, 0.3) is 0 Å². The predicted molar refractivity (Wildman–Crippen MR) is 98.5 cm³/mol. The van der Waals surface area contributed by atoms with Crippen LogP contribution < -0.4 is 10.6 Å². The van der Waals surface area contributed by atoms with Crippen molar-refractivity contribution in [2.24, 2.45) is 4.99 Å². The molecule has 0 atom stereocenters. The van der Waals surface area contributed by atoms with Crippen molar-refractivity contribution in [3.05, 3.63) is 47.0 Å². The fraction of sp³-hybridized carbons (Fsp3) is 0.471. The molecule has 0 saturated carbocycles. The normalized spacial score (nSPS) is 11.5. The number of nitrogens with one attached hydrogen (secondary N) is 2. The van der Waals surface area contributed by atoms with Crippen LogP contribution in [-0.2, 0) is 19.4 Å². The van der Waals surface area contributed by atoms with Crippen LogP contribution in [0.4, 0.5) is 0 Å². The molecule has 0 amide bonds. The van der Waals surface area contributed by atoms with Crippen molar-refractivity contribution in [1.82, 2.24) is 25.4 Å². The molecule has 1 aromatic heterocycles. The second-order valence-electron chi connectivity index (χ2n) is 5.45. The first-order valence-corrected chi connectivity index (χ1v) is 8.66. The molecule has 0 aliphatic rings. The lowest BCUT2D eigenvalue weighted by atomic mass is 10.1. The fourth-order valence-corrected chi connectivity index (χ4v) is 2.53. The second-order valence-corrected chi connectivity index (χ2v) is 5.89. The van der Waals surface area contributed by atoms with Crippen molar-refractivity contribution in [2.75, 3.05) is 20.1 Å². The van der Waals surface area contributed by atoms with E-state index in [0.29, 0.717) is 0 Å². The minimum Gasteiger partial charge on any atom is -0.356 e. The van der Waals surface area contributed by atoms with Gasteiger partial charge in [-0.25, -0.2) is 0 Å². The van der Waals surface area contributed by atoms with Crippen LogP contribution in [-0.4, -0.2) is 40.9 Å². The molecule has 1 heterocycles. The third-order valence-corrected chi connectivity index (χ3v) is 3.98. The molecular formula is C17H25ClN6. The van der Waals surface area contributed by atoms with Crippen molar-refractivity contribution in [2.45, 2.75) is 32.7 Å². The smallest absolute Gasteiger partial charge is 0.191 e. The van der Waals surface area contributed by atoms with E-state index in [-0.39, 0.29) is 0 Å². The van der Waals surface area contributed by atoms with Gasteiger partial charge in [0.2, 0.25) is 0 Å². The summed E-state index contributed by atoms with van der Waals surface area (Å²) in [5, 5.41) is 15.4. The topological polar surface area (TPSA) is 67.1 Å². The molecular weight excluding hydrogens is 324 g/mol. The summed E-state index contributed by atoms with van der Waals surface area (Å²) in [4.78, 5) is 4.24. The monoisotopic (exact) mass is 348 g/mol. The van der Waals surface area contributed by atoms with E-state index in [1.165, 1.54) is 5.56 Å². The Morgan fingerprint density at radius 1 is 1.21 bits per heavy atom. The Balaban J connectivity index is 1.64. The molecule has 0 aliphatic heterocycles. The van der Waals surface area contributed by atoms with Gasteiger partial charge < -0.3 is 15.2 Å². The van der Waals surface area contributed by atoms with Crippen LogP contribution >= 0.6 is 11.6 Å². The first-order valence-electron chi connectivity index (χ1n) is 8.28. The van der Waals surface area contributed by atoms with Gasteiger partial charge in [-0.05, 0) is 30.5 Å². The van der Waals surface area contributed by atoms with Crippen molar-refractivity contribution >= 4 is 17.6 Å². The third kappa shape index (κ3) is 5.85. The Bertz CT molecular complexity index is 635. The van der Waals surface area contributed by atoms with Gasteiger partial charge in [0.1, 0.15) is 12.2 Å². The van der Waals surface area contributed by atoms with Crippen molar-refractivity contribution < 1.29 is 0 Å². The average molecular weight is 349 g/mol. The number of hydrogen-bond donors (Lipinski definition) is 2. The lowest BCUT2D eigenvalue weighted by molar-refractivity contribution is 0.630. The van der Waals surface area contributed by atoms with Crippen LogP contribution in [0.5, 0.6) is 0 Å². The highest BCUT2D eigenvalue weighted by molar-refractivity contribution is 6.30.